The average Bonchev–Trinajstić information content (AvgIpc) is 2.51. The van der Waals surface area contributed by atoms with Crippen LogP contribution in [0.15, 0.2) is 0 Å². The van der Waals surface area contributed by atoms with E-state index in [1.165, 1.54) is 0 Å². The van der Waals surface area contributed by atoms with Gasteiger partial charge in [0.15, 0.2) is 0 Å². The molecule has 0 radical (unpaired) electrons. The zero-order valence-corrected chi connectivity index (χ0v) is 7.16. The molecule has 1 aliphatic rings. The molecule has 1 heterocycles. The third-order valence-electron chi connectivity index (χ3n) is 2.19. The minimum atomic E-state index is -0.505. The smallest absolute Gasteiger partial charge is 0.234 e. The molecule has 2 atom stereocenters. The van der Waals surface area contributed by atoms with Crippen molar-refractivity contribution in [1.82, 2.24) is 0 Å². The van der Waals surface area contributed by atoms with E-state index < -0.39 is 11.9 Å². The van der Waals surface area contributed by atoms with E-state index in [0.717, 1.165) is 25.9 Å². The molecule has 0 saturated carbocycles. The first kappa shape index (κ1) is 9.48. The van der Waals surface area contributed by atoms with Gasteiger partial charge in [-0.25, -0.2) is 0 Å². The van der Waals surface area contributed by atoms with Crippen molar-refractivity contribution >= 4 is 5.91 Å². The number of carbonyl (C=O) groups is 1. The quantitative estimate of drug-likeness (QED) is 0.614. The Hall–Kier alpha value is -0.610. The predicted molar refractivity (Wildman–Crippen MR) is 45.4 cm³/mol. The highest BCUT2D eigenvalue weighted by Gasteiger charge is 2.17. The lowest BCUT2D eigenvalue weighted by Crippen LogP contribution is -2.36. The first-order chi connectivity index (χ1) is 5.70. The van der Waals surface area contributed by atoms with E-state index >= 15 is 0 Å². The Kier molecular flexibility index (Phi) is 3.49. The number of rotatable bonds is 4. The van der Waals surface area contributed by atoms with Gasteiger partial charge in [0.25, 0.3) is 0 Å². The van der Waals surface area contributed by atoms with Crippen molar-refractivity contribution in [3.8, 4) is 0 Å². The summed E-state index contributed by atoms with van der Waals surface area (Å²) in [5.41, 5.74) is 10.5. The highest BCUT2D eigenvalue weighted by Crippen LogP contribution is 2.17. The van der Waals surface area contributed by atoms with E-state index in [1.54, 1.807) is 0 Å². The second-order valence-corrected chi connectivity index (χ2v) is 3.22. The molecule has 0 aromatic carbocycles. The fourth-order valence-electron chi connectivity index (χ4n) is 1.38. The summed E-state index contributed by atoms with van der Waals surface area (Å²) in [6, 6.07) is -0.505. The lowest BCUT2D eigenvalue weighted by molar-refractivity contribution is -0.119. The fourth-order valence-corrected chi connectivity index (χ4v) is 1.38. The molecule has 1 saturated heterocycles. The van der Waals surface area contributed by atoms with Gasteiger partial charge in [-0.05, 0) is 25.7 Å². The van der Waals surface area contributed by atoms with Gasteiger partial charge in [0, 0.05) is 6.61 Å². The molecular formula is C8H16N2O2. The molecule has 2 unspecified atom stereocenters. The zero-order chi connectivity index (χ0) is 8.97. The van der Waals surface area contributed by atoms with Crippen molar-refractivity contribution < 1.29 is 9.53 Å². The van der Waals surface area contributed by atoms with Crippen LogP contribution in [0.5, 0.6) is 0 Å². The third-order valence-corrected chi connectivity index (χ3v) is 2.19. The summed E-state index contributed by atoms with van der Waals surface area (Å²) in [4.78, 5) is 10.6. The molecule has 4 N–H and O–H groups in total. The van der Waals surface area contributed by atoms with Gasteiger partial charge in [-0.15, -0.1) is 0 Å². The molecule has 0 spiro atoms. The molecule has 4 nitrogen and oxygen atoms in total. The largest absolute Gasteiger partial charge is 0.378 e. The molecule has 1 aliphatic heterocycles. The molecule has 0 bridgehead atoms. The molecular weight excluding hydrogens is 156 g/mol. The summed E-state index contributed by atoms with van der Waals surface area (Å²) in [5.74, 6) is -0.423. The van der Waals surface area contributed by atoms with E-state index in [0.29, 0.717) is 12.5 Å². The van der Waals surface area contributed by atoms with Crippen LogP contribution in [0.25, 0.3) is 0 Å². The molecule has 12 heavy (non-hydrogen) atoms. The Balaban J connectivity index is 2.11. The van der Waals surface area contributed by atoms with Gasteiger partial charge in [-0.1, -0.05) is 0 Å². The number of carbonyl (C=O) groups excluding carboxylic acids is 1. The summed E-state index contributed by atoms with van der Waals surface area (Å²) < 4.78 is 5.38. The third kappa shape index (κ3) is 2.79. The van der Waals surface area contributed by atoms with Crippen LogP contribution >= 0.6 is 0 Å². The first-order valence-electron chi connectivity index (χ1n) is 4.36. The number of hydrogen-bond acceptors (Lipinski definition) is 3. The molecule has 1 amide bonds. The average molecular weight is 172 g/mol. The van der Waals surface area contributed by atoms with Crippen LogP contribution in [-0.2, 0) is 9.53 Å². The van der Waals surface area contributed by atoms with Gasteiger partial charge in [0.2, 0.25) is 5.91 Å². The Morgan fingerprint density at radius 3 is 2.92 bits per heavy atom. The van der Waals surface area contributed by atoms with Crippen molar-refractivity contribution in [3.63, 3.8) is 0 Å². The molecule has 0 aromatic rings. The maximum absolute atomic E-state index is 10.6. The lowest BCUT2D eigenvalue weighted by atomic mass is 10.1. The van der Waals surface area contributed by atoms with E-state index in [9.17, 15) is 4.79 Å². The van der Waals surface area contributed by atoms with Crippen LogP contribution in [0.3, 0.4) is 0 Å². The SMILES string of the molecule is NC(=O)C(N)CCC1CCCO1. The number of nitrogens with two attached hydrogens (primary N) is 2. The summed E-state index contributed by atoms with van der Waals surface area (Å²) in [6.45, 7) is 0.844. The van der Waals surface area contributed by atoms with Crippen molar-refractivity contribution in [2.45, 2.75) is 37.8 Å². The van der Waals surface area contributed by atoms with Crippen molar-refractivity contribution in [2.75, 3.05) is 6.61 Å². The monoisotopic (exact) mass is 172 g/mol. The highest BCUT2D eigenvalue weighted by atomic mass is 16.5. The summed E-state index contributed by atoms with van der Waals surface area (Å²) in [5, 5.41) is 0. The van der Waals surface area contributed by atoms with Crippen LogP contribution in [0.4, 0.5) is 0 Å². The molecule has 1 rings (SSSR count). The Morgan fingerprint density at radius 1 is 1.67 bits per heavy atom. The Morgan fingerprint density at radius 2 is 2.42 bits per heavy atom. The van der Waals surface area contributed by atoms with Crippen molar-refractivity contribution in [3.05, 3.63) is 0 Å². The minimum Gasteiger partial charge on any atom is -0.378 e. The zero-order valence-electron chi connectivity index (χ0n) is 7.16. The van der Waals surface area contributed by atoms with Gasteiger partial charge in [0.1, 0.15) is 0 Å². The predicted octanol–water partition coefficient (Wildman–Crippen LogP) is -0.242. The molecule has 70 valence electrons. The maximum Gasteiger partial charge on any atom is 0.234 e. The summed E-state index contributed by atoms with van der Waals surface area (Å²) in [6.07, 6.45) is 4.00. The lowest BCUT2D eigenvalue weighted by Gasteiger charge is -2.11. The van der Waals surface area contributed by atoms with E-state index in [4.69, 9.17) is 16.2 Å². The first-order valence-corrected chi connectivity index (χ1v) is 4.36. The number of amides is 1. The number of hydrogen-bond donors (Lipinski definition) is 2. The second-order valence-electron chi connectivity index (χ2n) is 3.22. The van der Waals surface area contributed by atoms with Gasteiger partial charge in [-0.2, -0.15) is 0 Å². The van der Waals surface area contributed by atoms with E-state index in [2.05, 4.69) is 0 Å². The van der Waals surface area contributed by atoms with Gasteiger partial charge < -0.3 is 16.2 Å². The topological polar surface area (TPSA) is 78.3 Å². The van der Waals surface area contributed by atoms with Crippen molar-refractivity contribution in [2.24, 2.45) is 11.5 Å². The molecule has 4 heteroatoms. The van der Waals surface area contributed by atoms with Crippen LogP contribution in [-0.4, -0.2) is 24.7 Å². The second kappa shape index (κ2) is 4.42. The van der Waals surface area contributed by atoms with E-state index in [1.807, 2.05) is 0 Å². The number of primary amides is 1. The fraction of sp³-hybridized carbons (Fsp3) is 0.875. The van der Waals surface area contributed by atoms with Gasteiger partial charge in [-0.3, -0.25) is 4.79 Å². The molecule has 1 fully saturated rings. The Bertz CT molecular complexity index is 155. The highest BCUT2D eigenvalue weighted by molar-refractivity contribution is 5.79. The van der Waals surface area contributed by atoms with Crippen LogP contribution in [0.1, 0.15) is 25.7 Å². The van der Waals surface area contributed by atoms with Gasteiger partial charge >= 0.3 is 0 Å². The molecule has 0 aromatic heterocycles. The maximum atomic E-state index is 10.6. The van der Waals surface area contributed by atoms with Crippen molar-refractivity contribution in [1.29, 1.82) is 0 Å². The summed E-state index contributed by atoms with van der Waals surface area (Å²) >= 11 is 0. The van der Waals surface area contributed by atoms with Crippen LogP contribution in [0, 0.1) is 0 Å². The van der Waals surface area contributed by atoms with Crippen LogP contribution in [0.2, 0.25) is 0 Å². The standard InChI is InChI=1S/C8H16N2O2/c9-7(8(10)11)4-3-6-2-1-5-12-6/h6-7H,1-5,9H2,(H2,10,11). The Labute approximate surface area is 72.2 Å². The van der Waals surface area contributed by atoms with Gasteiger partial charge in [0.05, 0.1) is 12.1 Å². The van der Waals surface area contributed by atoms with E-state index in [-0.39, 0.29) is 0 Å². The summed E-state index contributed by atoms with van der Waals surface area (Å²) in [7, 11) is 0. The number of ether oxygens (including phenoxy) is 1. The minimum absolute atomic E-state index is 0.301. The normalized spacial score (nSPS) is 25.6. The molecule has 0 aliphatic carbocycles. The van der Waals surface area contributed by atoms with Crippen LogP contribution < -0.4 is 11.5 Å².